The van der Waals surface area contributed by atoms with Gasteiger partial charge in [0.25, 0.3) is 0 Å². The summed E-state index contributed by atoms with van der Waals surface area (Å²) in [6, 6.07) is 0. The second-order valence-corrected chi connectivity index (χ2v) is 13.6. The van der Waals surface area contributed by atoms with E-state index in [4.69, 9.17) is 0 Å². The van der Waals surface area contributed by atoms with E-state index in [0.29, 0.717) is 18.8 Å². The van der Waals surface area contributed by atoms with Crippen LogP contribution in [0, 0.1) is 28.6 Å². The van der Waals surface area contributed by atoms with E-state index in [2.05, 4.69) is 27.4 Å². The van der Waals surface area contributed by atoms with Crippen LogP contribution in [0.25, 0.3) is 0 Å². The maximum Gasteiger partial charge on any atom is -0.0175 e. The molecule has 0 aromatic rings. The summed E-state index contributed by atoms with van der Waals surface area (Å²) in [4.78, 5) is 0. The Morgan fingerprint density at radius 2 is 1.85 bits per heavy atom. The van der Waals surface area contributed by atoms with Crippen molar-refractivity contribution >= 4 is 7.92 Å². The molecular formula is C25H43P. The molecule has 26 heavy (non-hydrogen) atoms. The lowest BCUT2D eigenvalue weighted by Crippen LogP contribution is -2.56. The van der Waals surface area contributed by atoms with Crippen LogP contribution in [0.15, 0.2) is 12.2 Å². The highest BCUT2D eigenvalue weighted by molar-refractivity contribution is 7.58. The third-order valence-corrected chi connectivity index (χ3v) is 13.1. The first kappa shape index (κ1) is 19.5. The lowest BCUT2D eigenvalue weighted by molar-refractivity contribution is -0.125. The van der Waals surface area contributed by atoms with E-state index in [1.54, 1.807) is 57.3 Å². The Morgan fingerprint density at radius 1 is 1.00 bits per heavy atom. The molecule has 1 heterocycles. The molecule has 7 unspecified atom stereocenters. The highest BCUT2D eigenvalue weighted by atomic mass is 31.1. The van der Waals surface area contributed by atoms with Gasteiger partial charge < -0.3 is 0 Å². The lowest BCUT2D eigenvalue weighted by atomic mass is 9.42. The van der Waals surface area contributed by atoms with Crippen LogP contribution in [0.3, 0.4) is 0 Å². The van der Waals surface area contributed by atoms with Gasteiger partial charge in [-0.3, -0.25) is 0 Å². The Balaban J connectivity index is 1.45. The summed E-state index contributed by atoms with van der Waals surface area (Å²) < 4.78 is 0. The van der Waals surface area contributed by atoms with Gasteiger partial charge in [-0.1, -0.05) is 45.8 Å². The summed E-state index contributed by atoms with van der Waals surface area (Å²) in [5.74, 6) is 3.19. The molecule has 0 spiro atoms. The van der Waals surface area contributed by atoms with Gasteiger partial charge in [-0.15, -0.1) is 7.92 Å². The smallest absolute Gasteiger partial charge is 0.0175 e. The van der Waals surface area contributed by atoms with Gasteiger partial charge in [0.2, 0.25) is 0 Å². The Morgan fingerprint density at radius 3 is 2.65 bits per heavy atom. The van der Waals surface area contributed by atoms with E-state index in [1.165, 1.54) is 37.7 Å². The number of fused-ring (bicyclic) bond motifs is 5. The van der Waals surface area contributed by atoms with E-state index in [1.807, 2.05) is 0 Å². The predicted molar refractivity (Wildman–Crippen MR) is 117 cm³/mol. The fourth-order valence-corrected chi connectivity index (χ4v) is 11.8. The van der Waals surface area contributed by atoms with Crippen molar-refractivity contribution < 1.29 is 0 Å². The first-order valence-electron chi connectivity index (χ1n) is 11.9. The predicted octanol–water partition coefficient (Wildman–Crippen LogP) is 8.01. The van der Waals surface area contributed by atoms with Gasteiger partial charge in [0.1, 0.15) is 0 Å². The Kier molecular flexibility index (Phi) is 5.65. The van der Waals surface area contributed by atoms with Crippen molar-refractivity contribution in [2.24, 2.45) is 28.6 Å². The quantitative estimate of drug-likeness (QED) is 0.338. The molecule has 1 heteroatoms. The van der Waals surface area contributed by atoms with E-state index in [-0.39, 0.29) is 0 Å². The number of allylic oxidation sites excluding steroid dienone is 1. The molecule has 4 aliphatic rings. The second kappa shape index (κ2) is 7.54. The lowest BCUT2D eigenvalue weighted by Gasteiger charge is -2.63. The Bertz CT molecular complexity index is 524. The van der Waals surface area contributed by atoms with Gasteiger partial charge in [-0.25, -0.2) is 0 Å². The van der Waals surface area contributed by atoms with Gasteiger partial charge >= 0.3 is 0 Å². The van der Waals surface area contributed by atoms with Gasteiger partial charge in [0, 0.05) is 0 Å². The van der Waals surface area contributed by atoms with E-state index < -0.39 is 0 Å². The summed E-state index contributed by atoms with van der Waals surface area (Å²) >= 11 is 0. The second-order valence-electron chi connectivity index (χ2n) is 10.8. The minimum atomic E-state index is 0.321. The molecule has 0 amide bonds. The van der Waals surface area contributed by atoms with Crippen molar-refractivity contribution in [1.82, 2.24) is 0 Å². The molecule has 148 valence electrons. The topological polar surface area (TPSA) is 0 Å². The number of hydrogen-bond donors (Lipinski definition) is 0. The van der Waals surface area contributed by atoms with Crippen molar-refractivity contribution in [2.75, 3.05) is 12.3 Å². The maximum atomic E-state index is 4.24. The van der Waals surface area contributed by atoms with Gasteiger partial charge in [-0.2, -0.15) is 0 Å². The molecule has 4 rings (SSSR count). The van der Waals surface area contributed by atoms with Crippen LogP contribution in [-0.4, -0.2) is 18.0 Å². The van der Waals surface area contributed by atoms with Crippen molar-refractivity contribution in [3.05, 3.63) is 12.2 Å². The fourth-order valence-electron chi connectivity index (χ4n) is 8.27. The zero-order valence-corrected chi connectivity index (χ0v) is 18.8. The monoisotopic (exact) mass is 374 g/mol. The van der Waals surface area contributed by atoms with Crippen LogP contribution >= 0.6 is 7.92 Å². The molecular weight excluding hydrogens is 331 g/mol. The normalized spacial score (nSPS) is 47.7. The maximum absolute atomic E-state index is 4.24. The molecule has 0 nitrogen and oxygen atoms in total. The molecule has 0 bridgehead atoms. The molecule has 3 aliphatic carbocycles. The molecule has 4 fully saturated rings. The highest BCUT2D eigenvalue weighted by Gasteiger charge is 2.60. The Labute approximate surface area is 164 Å². The number of rotatable bonds is 5. The van der Waals surface area contributed by atoms with E-state index in [0.717, 1.165) is 23.4 Å². The van der Waals surface area contributed by atoms with E-state index in [9.17, 15) is 0 Å². The number of hydrogen-bond acceptors (Lipinski definition) is 0. The van der Waals surface area contributed by atoms with Crippen molar-refractivity contribution in [2.45, 2.75) is 103 Å². The summed E-state index contributed by atoms with van der Waals surface area (Å²) in [5, 5.41) is 0. The first-order valence-corrected chi connectivity index (χ1v) is 13.7. The van der Waals surface area contributed by atoms with Crippen LogP contribution in [0.2, 0.25) is 0 Å². The van der Waals surface area contributed by atoms with Crippen molar-refractivity contribution in [3.63, 3.8) is 0 Å². The molecule has 0 aromatic carbocycles. The molecule has 0 aromatic heterocycles. The van der Waals surface area contributed by atoms with Gasteiger partial charge in [-0.05, 0) is 111 Å². The SMILES string of the molecule is C=C(CC)CCCP1CCC2C1CCC1C3(C)CCCCC3CCC21C. The zero-order chi connectivity index (χ0) is 18.4. The highest BCUT2D eigenvalue weighted by Crippen LogP contribution is 2.71. The fraction of sp³-hybridized carbons (Fsp3) is 0.920. The molecule has 7 atom stereocenters. The molecule has 0 N–H and O–H groups in total. The van der Waals surface area contributed by atoms with Gasteiger partial charge in [0.15, 0.2) is 0 Å². The molecule has 1 saturated heterocycles. The van der Waals surface area contributed by atoms with Crippen LogP contribution < -0.4 is 0 Å². The van der Waals surface area contributed by atoms with Crippen LogP contribution in [0.1, 0.15) is 97.8 Å². The first-order chi connectivity index (χ1) is 12.5. The average molecular weight is 375 g/mol. The van der Waals surface area contributed by atoms with Crippen LogP contribution in [-0.2, 0) is 0 Å². The van der Waals surface area contributed by atoms with Crippen molar-refractivity contribution in [1.29, 1.82) is 0 Å². The average Bonchev–Trinajstić information content (AvgIpc) is 3.05. The third kappa shape index (κ3) is 3.15. The minimum Gasteiger partial charge on any atom is -0.103 e. The molecule has 0 radical (unpaired) electrons. The van der Waals surface area contributed by atoms with E-state index >= 15 is 0 Å². The molecule has 1 aliphatic heterocycles. The van der Waals surface area contributed by atoms with Crippen molar-refractivity contribution in [3.8, 4) is 0 Å². The summed E-state index contributed by atoms with van der Waals surface area (Å²) in [5.41, 5.74) is 4.00. The summed E-state index contributed by atoms with van der Waals surface area (Å²) in [7, 11) is 0.321. The minimum absolute atomic E-state index is 0.321. The van der Waals surface area contributed by atoms with Crippen LogP contribution in [0.5, 0.6) is 0 Å². The van der Waals surface area contributed by atoms with Gasteiger partial charge in [0.05, 0.1) is 0 Å². The summed E-state index contributed by atoms with van der Waals surface area (Å²) in [6.45, 7) is 12.0. The molecule has 3 saturated carbocycles. The largest absolute Gasteiger partial charge is 0.103 e. The summed E-state index contributed by atoms with van der Waals surface area (Å²) in [6.07, 6.45) is 21.1. The zero-order valence-electron chi connectivity index (χ0n) is 17.9. The Hall–Kier alpha value is 0.170. The standard InChI is InChI=1S/C25H43P/c1-5-19(2)9-8-17-26-18-14-21-22(26)11-12-23-24(3)15-7-6-10-20(24)13-16-25(21,23)4/h20-23H,2,5-18H2,1,3-4H3. The third-order valence-electron chi connectivity index (χ3n) is 9.81. The van der Waals surface area contributed by atoms with Crippen LogP contribution in [0.4, 0.5) is 0 Å².